The zero-order valence-corrected chi connectivity index (χ0v) is 9.87. The van der Waals surface area contributed by atoms with Crippen molar-refractivity contribution < 1.29 is 4.74 Å². The number of nitrogens with zero attached hydrogens (tertiary/aromatic N) is 1. The maximum Gasteiger partial charge on any atom is 0.126 e. The molecule has 1 aromatic heterocycles. The van der Waals surface area contributed by atoms with Gasteiger partial charge in [0.2, 0.25) is 0 Å². The van der Waals surface area contributed by atoms with Gasteiger partial charge in [-0.2, -0.15) is 0 Å². The van der Waals surface area contributed by atoms with E-state index in [0.717, 1.165) is 34.6 Å². The number of pyridine rings is 1. The van der Waals surface area contributed by atoms with Crippen molar-refractivity contribution in [2.24, 2.45) is 0 Å². The maximum atomic E-state index is 5.24. The largest absolute Gasteiger partial charge is 0.497 e. The highest BCUT2D eigenvalue weighted by Gasteiger charge is 2.03. The number of hydrogen-bond acceptors (Lipinski definition) is 3. The van der Waals surface area contributed by atoms with Gasteiger partial charge >= 0.3 is 0 Å². The van der Waals surface area contributed by atoms with Crippen molar-refractivity contribution in [3.8, 4) is 5.75 Å². The molecule has 1 aromatic carbocycles. The molecule has 0 unspecified atom stereocenters. The number of hydrogen-bond donors (Lipinski definition) is 1. The maximum absolute atomic E-state index is 5.24. The summed E-state index contributed by atoms with van der Waals surface area (Å²) in [5, 5.41) is 4.32. The summed E-state index contributed by atoms with van der Waals surface area (Å²) in [7, 11) is 1.68. The number of fused-ring (bicyclic) bond motifs is 1. The van der Waals surface area contributed by atoms with Gasteiger partial charge in [-0.05, 0) is 43.7 Å². The lowest BCUT2D eigenvalue weighted by atomic mass is 10.1. The minimum Gasteiger partial charge on any atom is -0.497 e. The van der Waals surface area contributed by atoms with Crippen LogP contribution < -0.4 is 10.1 Å². The molecule has 0 spiro atoms. The molecule has 0 aliphatic carbocycles. The van der Waals surface area contributed by atoms with Crippen molar-refractivity contribution >= 4 is 16.7 Å². The summed E-state index contributed by atoms with van der Waals surface area (Å²) in [4.78, 5) is 4.57. The molecule has 1 N–H and O–H groups in total. The van der Waals surface area contributed by atoms with Gasteiger partial charge in [-0.15, -0.1) is 0 Å². The van der Waals surface area contributed by atoms with E-state index in [4.69, 9.17) is 4.74 Å². The highest BCUT2D eigenvalue weighted by Crippen LogP contribution is 2.24. The lowest BCUT2D eigenvalue weighted by Gasteiger charge is -2.08. The van der Waals surface area contributed by atoms with Gasteiger partial charge < -0.3 is 10.1 Å². The average molecular weight is 216 g/mol. The van der Waals surface area contributed by atoms with Crippen molar-refractivity contribution in [3.05, 3.63) is 29.8 Å². The van der Waals surface area contributed by atoms with Gasteiger partial charge in [0.1, 0.15) is 11.6 Å². The molecule has 2 rings (SSSR count). The SMILES string of the molecule is CCNc1ccc2cc(OC)cc(C)c2n1. The lowest BCUT2D eigenvalue weighted by Crippen LogP contribution is -1.99. The van der Waals surface area contributed by atoms with Crippen molar-refractivity contribution in [1.82, 2.24) is 4.98 Å². The standard InChI is InChI=1S/C13H16N2O/c1-4-14-12-6-5-10-8-11(16-3)7-9(2)13(10)15-12/h5-8H,4H2,1-3H3,(H,14,15). The van der Waals surface area contributed by atoms with Crippen LogP contribution in [0.2, 0.25) is 0 Å². The van der Waals surface area contributed by atoms with Crippen LogP contribution in [-0.4, -0.2) is 18.6 Å². The predicted octanol–water partition coefficient (Wildman–Crippen LogP) is 2.98. The zero-order valence-electron chi connectivity index (χ0n) is 9.87. The summed E-state index contributed by atoms with van der Waals surface area (Å²) in [5.74, 6) is 1.80. The Morgan fingerprint density at radius 1 is 1.31 bits per heavy atom. The van der Waals surface area contributed by atoms with Crippen molar-refractivity contribution in [3.63, 3.8) is 0 Å². The Balaban J connectivity index is 2.56. The van der Waals surface area contributed by atoms with E-state index < -0.39 is 0 Å². The van der Waals surface area contributed by atoms with E-state index in [2.05, 4.69) is 23.3 Å². The molecule has 16 heavy (non-hydrogen) atoms. The van der Waals surface area contributed by atoms with E-state index in [1.165, 1.54) is 0 Å². The minimum absolute atomic E-state index is 0.878. The number of benzene rings is 1. The van der Waals surface area contributed by atoms with Crippen LogP contribution >= 0.6 is 0 Å². The first-order valence-corrected chi connectivity index (χ1v) is 5.44. The zero-order chi connectivity index (χ0) is 11.5. The fourth-order valence-electron chi connectivity index (χ4n) is 1.78. The molecular formula is C13H16N2O. The third-order valence-corrected chi connectivity index (χ3v) is 2.55. The second-order valence-corrected chi connectivity index (χ2v) is 3.74. The average Bonchev–Trinajstić information content (AvgIpc) is 2.30. The van der Waals surface area contributed by atoms with Crippen LogP contribution in [0.4, 0.5) is 5.82 Å². The van der Waals surface area contributed by atoms with Gasteiger partial charge in [0.05, 0.1) is 12.6 Å². The van der Waals surface area contributed by atoms with Gasteiger partial charge in [0.15, 0.2) is 0 Å². The molecule has 3 heteroatoms. The Kier molecular flexibility index (Phi) is 2.95. The predicted molar refractivity (Wildman–Crippen MR) is 67.2 cm³/mol. The van der Waals surface area contributed by atoms with Crippen LogP contribution in [0.1, 0.15) is 12.5 Å². The third kappa shape index (κ3) is 1.94. The van der Waals surface area contributed by atoms with Gasteiger partial charge in [-0.1, -0.05) is 0 Å². The lowest BCUT2D eigenvalue weighted by molar-refractivity contribution is 0.415. The normalized spacial score (nSPS) is 10.4. The van der Waals surface area contributed by atoms with E-state index in [0.29, 0.717) is 0 Å². The van der Waals surface area contributed by atoms with E-state index >= 15 is 0 Å². The van der Waals surface area contributed by atoms with Crippen LogP contribution in [0.3, 0.4) is 0 Å². The molecule has 0 aliphatic rings. The van der Waals surface area contributed by atoms with Gasteiger partial charge in [-0.25, -0.2) is 4.98 Å². The van der Waals surface area contributed by atoms with E-state index in [-0.39, 0.29) is 0 Å². The van der Waals surface area contributed by atoms with Crippen molar-refractivity contribution in [2.45, 2.75) is 13.8 Å². The molecule has 0 aliphatic heterocycles. The summed E-state index contributed by atoms with van der Waals surface area (Å²) in [5.41, 5.74) is 2.16. The third-order valence-electron chi connectivity index (χ3n) is 2.55. The summed E-state index contributed by atoms with van der Waals surface area (Å²) in [6.45, 7) is 4.99. The first-order valence-electron chi connectivity index (χ1n) is 5.44. The smallest absolute Gasteiger partial charge is 0.126 e. The van der Waals surface area contributed by atoms with E-state index in [9.17, 15) is 0 Å². The van der Waals surface area contributed by atoms with Gasteiger partial charge in [-0.3, -0.25) is 0 Å². The molecule has 0 amide bonds. The molecule has 0 saturated carbocycles. The molecule has 2 aromatic rings. The number of anilines is 1. The van der Waals surface area contributed by atoms with Gasteiger partial charge in [0, 0.05) is 11.9 Å². The van der Waals surface area contributed by atoms with Gasteiger partial charge in [0.25, 0.3) is 0 Å². The summed E-state index contributed by atoms with van der Waals surface area (Å²) < 4.78 is 5.24. The van der Waals surface area contributed by atoms with Crippen LogP contribution in [0.25, 0.3) is 10.9 Å². The second-order valence-electron chi connectivity index (χ2n) is 3.74. The molecule has 0 fully saturated rings. The fraction of sp³-hybridized carbons (Fsp3) is 0.308. The number of nitrogens with one attached hydrogen (secondary N) is 1. The van der Waals surface area contributed by atoms with Crippen LogP contribution in [-0.2, 0) is 0 Å². The Hall–Kier alpha value is -1.77. The van der Waals surface area contributed by atoms with E-state index in [1.807, 2.05) is 25.1 Å². The molecule has 1 heterocycles. The first kappa shape index (κ1) is 10.7. The van der Waals surface area contributed by atoms with E-state index in [1.54, 1.807) is 7.11 Å². The molecule has 0 radical (unpaired) electrons. The molecule has 3 nitrogen and oxygen atoms in total. The Morgan fingerprint density at radius 2 is 2.12 bits per heavy atom. The molecular weight excluding hydrogens is 200 g/mol. The number of rotatable bonds is 3. The monoisotopic (exact) mass is 216 g/mol. The molecule has 0 saturated heterocycles. The molecule has 84 valence electrons. The second kappa shape index (κ2) is 4.39. The highest BCUT2D eigenvalue weighted by molar-refractivity contribution is 5.84. The Bertz CT molecular complexity index is 509. The van der Waals surface area contributed by atoms with Crippen molar-refractivity contribution in [2.75, 3.05) is 19.0 Å². The van der Waals surface area contributed by atoms with Crippen LogP contribution in [0.15, 0.2) is 24.3 Å². The number of aryl methyl sites for hydroxylation is 1. The highest BCUT2D eigenvalue weighted by atomic mass is 16.5. The first-order chi connectivity index (χ1) is 7.74. The summed E-state index contributed by atoms with van der Waals surface area (Å²) in [6.07, 6.45) is 0. The number of aromatic nitrogens is 1. The Labute approximate surface area is 95.5 Å². The topological polar surface area (TPSA) is 34.1 Å². The molecule has 0 atom stereocenters. The Morgan fingerprint density at radius 3 is 2.81 bits per heavy atom. The fourth-order valence-corrected chi connectivity index (χ4v) is 1.78. The number of methoxy groups -OCH3 is 1. The van der Waals surface area contributed by atoms with Crippen molar-refractivity contribution in [1.29, 1.82) is 0 Å². The quantitative estimate of drug-likeness (QED) is 0.856. The van der Waals surface area contributed by atoms with Crippen LogP contribution in [0.5, 0.6) is 5.75 Å². The summed E-state index contributed by atoms with van der Waals surface area (Å²) in [6, 6.07) is 8.07. The van der Waals surface area contributed by atoms with Crippen LogP contribution in [0, 0.1) is 6.92 Å². The summed E-state index contributed by atoms with van der Waals surface area (Å²) >= 11 is 0. The number of ether oxygens (including phenoxy) is 1. The molecule has 0 bridgehead atoms. The minimum atomic E-state index is 0.878.